The summed E-state index contributed by atoms with van der Waals surface area (Å²) in [5.74, 6) is -1.19. The molecule has 0 heterocycles. The minimum absolute atomic E-state index is 0.238. The van der Waals surface area contributed by atoms with Crippen LogP contribution < -0.4 is 0 Å². The molecule has 0 saturated heterocycles. The molecule has 0 aromatic rings. The molecular weight excluding hydrogens is 236 g/mol. The van der Waals surface area contributed by atoms with Gasteiger partial charge >= 0.3 is 11.9 Å². The Kier molecular flexibility index (Phi) is 4.67. The molecule has 0 amide bonds. The van der Waals surface area contributed by atoms with Crippen LogP contribution in [0.15, 0.2) is 23.3 Å². The summed E-state index contributed by atoms with van der Waals surface area (Å²) in [4.78, 5) is 22.9. The molecule has 1 fully saturated rings. The highest BCUT2D eigenvalue weighted by molar-refractivity contribution is 5.90. The third-order valence-electron chi connectivity index (χ3n) is 2.77. The zero-order chi connectivity index (χ0) is 13.9. The Hall–Kier alpha value is -1.62. The molecule has 1 N–H and O–H groups in total. The smallest absolute Gasteiger partial charge is 0.336 e. The lowest BCUT2D eigenvalue weighted by molar-refractivity contribution is -0.178. The zero-order valence-electron chi connectivity index (χ0n) is 10.9. The first-order chi connectivity index (χ1) is 8.32. The lowest BCUT2D eigenvalue weighted by Crippen LogP contribution is -2.27. The number of carbonyl (C=O) groups is 2. The summed E-state index contributed by atoms with van der Waals surface area (Å²) >= 11 is 0. The van der Waals surface area contributed by atoms with Crippen LogP contribution >= 0.6 is 0 Å². The molecule has 1 aliphatic carbocycles. The highest BCUT2D eigenvalue weighted by Crippen LogP contribution is 2.29. The van der Waals surface area contributed by atoms with E-state index in [0.29, 0.717) is 24.0 Å². The van der Waals surface area contributed by atoms with E-state index in [-0.39, 0.29) is 5.57 Å². The minimum atomic E-state index is -0.977. The van der Waals surface area contributed by atoms with Crippen LogP contribution in [0.4, 0.5) is 0 Å². The van der Waals surface area contributed by atoms with E-state index in [1.54, 1.807) is 6.92 Å². The average molecular weight is 254 g/mol. The van der Waals surface area contributed by atoms with E-state index in [0.717, 1.165) is 0 Å². The number of carbonyl (C=O) groups excluding carboxylic acids is 2. The molecule has 5 heteroatoms. The molecule has 5 nitrogen and oxygen atoms in total. The van der Waals surface area contributed by atoms with Crippen molar-refractivity contribution in [2.45, 2.75) is 46.0 Å². The summed E-state index contributed by atoms with van der Waals surface area (Å²) in [5.41, 5.74) is 1.31. The van der Waals surface area contributed by atoms with Gasteiger partial charge in [-0.3, -0.25) is 0 Å². The Balaban J connectivity index is 2.52. The van der Waals surface area contributed by atoms with Crippen molar-refractivity contribution in [2.24, 2.45) is 0 Å². The number of aliphatic hydroxyl groups excluding tert-OH is 1. The Bertz CT molecular complexity index is 408. The molecule has 0 aromatic heterocycles. The van der Waals surface area contributed by atoms with Crippen molar-refractivity contribution in [2.75, 3.05) is 0 Å². The van der Waals surface area contributed by atoms with E-state index in [4.69, 9.17) is 9.47 Å². The van der Waals surface area contributed by atoms with E-state index in [9.17, 15) is 14.7 Å². The van der Waals surface area contributed by atoms with E-state index >= 15 is 0 Å². The molecule has 2 atom stereocenters. The van der Waals surface area contributed by atoms with Crippen LogP contribution in [-0.2, 0) is 19.1 Å². The lowest BCUT2D eigenvalue weighted by Gasteiger charge is -2.26. The van der Waals surface area contributed by atoms with Crippen molar-refractivity contribution in [3.8, 4) is 0 Å². The van der Waals surface area contributed by atoms with Crippen LogP contribution in [-0.4, -0.2) is 29.4 Å². The molecule has 2 unspecified atom stereocenters. The van der Waals surface area contributed by atoms with Crippen molar-refractivity contribution in [3.05, 3.63) is 23.3 Å². The van der Waals surface area contributed by atoms with Crippen LogP contribution in [0.3, 0.4) is 0 Å². The maximum atomic E-state index is 11.7. The summed E-state index contributed by atoms with van der Waals surface area (Å²) in [6.45, 7) is 7.98. The van der Waals surface area contributed by atoms with Gasteiger partial charge in [0.15, 0.2) is 0 Å². The second-order valence-electron chi connectivity index (χ2n) is 4.36. The molecule has 0 spiro atoms. The normalized spacial score (nSPS) is 22.6. The Morgan fingerprint density at radius 1 is 1.33 bits per heavy atom. The topological polar surface area (TPSA) is 72.8 Å². The van der Waals surface area contributed by atoms with Gasteiger partial charge in [-0.2, -0.15) is 0 Å². The predicted molar refractivity (Wildman–Crippen MR) is 64.4 cm³/mol. The lowest BCUT2D eigenvalue weighted by atomic mass is 9.85. The molecule has 18 heavy (non-hydrogen) atoms. The first-order valence-electron chi connectivity index (χ1n) is 5.78. The summed E-state index contributed by atoms with van der Waals surface area (Å²) in [6, 6.07) is 0. The quantitative estimate of drug-likeness (QED) is 0.467. The van der Waals surface area contributed by atoms with Crippen LogP contribution in [0, 0.1) is 0 Å². The number of esters is 2. The molecule has 0 aromatic carbocycles. The molecule has 1 rings (SSSR count). The maximum absolute atomic E-state index is 11.7. The van der Waals surface area contributed by atoms with Gasteiger partial charge in [-0.05, 0) is 32.3 Å². The number of ether oxygens (including phenoxy) is 2. The Morgan fingerprint density at radius 2 is 1.89 bits per heavy atom. The third-order valence-corrected chi connectivity index (χ3v) is 2.77. The van der Waals surface area contributed by atoms with Crippen LogP contribution in [0.25, 0.3) is 0 Å². The number of aliphatic hydroxyl groups is 1. The molecule has 1 saturated carbocycles. The van der Waals surface area contributed by atoms with Gasteiger partial charge in [0.25, 0.3) is 0 Å². The summed E-state index contributed by atoms with van der Waals surface area (Å²) in [5, 5.41) is 9.42. The van der Waals surface area contributed by atoms with Gasteiger partial charge in [0, 0.05) is 18.1 Å². The van der Waals surface area contributed by atoms with Crippen molar-refractivity contribution in [3.63, 3.8) is 0 Å². The highest BCUT2D eigenvalue weighted by atomic mass is 16.7. The van der Waals surface area contributed by atoms with Crippen molar-refractivity contribution in [1.29, 1.82) is 0 Å². The fourth-order valence-corrected chi connectivity index (χ4v) is 1.50. The zero-order valence-corrected chi connectivity index (χ0v) is 10.9. The van der Waals surface area contributed by atoms with E-state index in [2.05, 4.69) is 6.58 Å². The highest BCUT2D eigenvalue weighted by Gasteiger charge is 2.27. The summed E-state index contributed by atoms with van der Waals surface area (Å²) < 4.78 is 9.77. The second kappa shape index (κ2) is 5.82. The van der Waals surface area contributed by atoms with Crippen LogP contribution in [0.5, 0.6) is 0 Å². The van der Waals surface area contributed by atoms with Gasteiger partial charge in [-0.15, -0.1) is 0 Å². The number of hydrogen-bond acceptors (Lipinski definition) is 5. The molecule has 0 aliphatic heterocycles. The Labute approximate surface area is 106 Å². The summed E-state index contributed by atoms with van der Waals surface area (Å²) in [7, 11) is 0. The number of rotatable bonds is 4. The van der Waals surface area contributed by atoms with Gasteiger partial charge in [-0.25, -0.2) is 9.59 Å². The second-order valence-corrected chi connectivity index (χ2v) is 4.36. The van der Waals surface area contributed by atoms with Crippen LogP contribution in [0.1, 0.15) is 33.6 Å². The molecule has 0 radical (unpaired) electrons. The van der Waals surface area contributed by atoms with Crippen molar-refractivity contribution < 1.29 is 24.2 Å². The van der Waals surface area contributed by atoms with E-state index in [1.807, 2.05) is 0 Å². The third kappa shape index (κ3) is 3.43. The van der Waals surface area contributed by atoms with Gasteiger partial charge in [0.1, 0.15) is 0 Å². The monoisotopic (exact) mass is 254 g/mol. The first-order valence-corrected chi connectivity index (χ1v) is 5.78. The molecular formula is C13H18O5. The fraction of sp³-hybridized carbons (Fsp3) is 0.538. The van der Waals surface area contributed by atoms with Crippen LogP contribution in [0.2, 0.25) is 0 Å². The van der Waals surface area contributed by atoms with Gasteiger partial charge in [-0.1, -0.05) is 6.58 Å². The van der Waals surface area contributed by atoms with Gasteiger partial charge in [0.2, 0.25) is 6.29 Å². The largest absolute Gasteiger partial charge is 0.422 e. The molecule has 100 valence electrons. The maximum Gasteiger partial charge on any atom is 0.336 e. The molecule has 0 bridgehead atoms. The molecule has 1 aliphatic rings. The van der Waals surface area contributed by atoms with Gasteiger partial charge < -0.3 is 14.6 Å². The van der Waals surface area contributed by atoms with E-state index < -0.39 is 24.3 Å². The van der Waals surface area contributed by atoms with Crippen molar-refractivity contribution >= 4 is 11.9 Å². The SMILES string of the molecule is C=C(C)C(=O)OC(C)OC(=O)/C(C)=C1\CCC1O. The average Bonchev–Trinajstić information content (AvgIpc) is 2.26. The van der Waals surface area contributed by atoms with Crippen molar-refractivity contribution in [1.82, 2.24) is 0 Å². The van der Waals surface area contributed by atoms with E-state index in [1.165, 1.54) is 13.8 Å². The first kappa shape index (κ1) is 14.4. The number of hydrogen-bond donors (Lipinski definition) is 1. The predicted octanol–water partition coefficient (Wildman–Crippen LogP) is 1.47. The van der Waals surface area contributed by atoms with Gasteiger partial charge in [0.05, 0.1) is 6.10 Å². The summed E-state index contributed by atoms with van der Waals surface area (Å²) in [6.07, 6.45) is -0.164. The minimum Gasteiger partial charge on any atom is -0.422 e. The fourth-order valence-electron chi connectivity index (χ4n) is 1.50. The Morgan fingerprint density at radius 3 is 2.28 bits per heavy atom. The standard InChI is InChI=1S/C13H18O5/c1-7(2)12(15)17-9(4)18-13(16)8(3)10-5-6-11(10)14/h9,11,14H,1,5-6H2,2-4H3/b10-8+.